The van der Waals surface area contributed by atoms with Crippen molar-refractivity contribution >= 4 is 11.9 Å². The van der Waals surface area contributed by atoms with Crippen molar-refractivity contribution in [3.05, 3.63) is 35.9 Å². The molecule has 1 aromatic rings. The van der Waals surface area contributed by atoms with Crippen LogP contribution in [0.2, 0.25) is 0 Å². The monoisotopic (exact) mass is 666 g/mol. The highest BCUT2D eigenvalue weighted by Gasteiger charge is 2.86. The van der Waals surface area contributed by atoms with Crippen LogP contribution in [0.5, 0.6) is 0 Å². The van der Waals surface area contributed by atoms with E-state index in [2.05, 4.69) is 27.7 Å². The highest BCUT2D eigenvalue weighted by molar-refractivity contribution is 5.89. The number of aliphatic hydroxyl groups excluding tert-OH is 1. The quantitative estimate of drug-likeness (QED) is 0.310. The van der Waals surface area contributed by atoms with E-state index in [1.807, 2.05) is 30.3 Å². The average Bonchev–Trinajstić information content (AvgIpc) is 3.35. The summed E-state index contributed by atoms with van der Waals surface area (Å²) in [7, 11) is 1.66. The molecule has 0 spiro atoms. The van der Waals surface area contributed by atoms with Crippen molar-refractivity contribution in [2.24, 2.45) is 50.7 Å². The van der Waals surface area contributed by atoms with Gasteiger partial charge in [0.05, 0.1) is 17.3 Å². The van der Waals surface area contributed by atoms with E-state index in [4.69, 9.17) is 18.9 Å². The first-order valence-electron chi connectivity index (χ1n) is 18.5. The molecular weight excluding hydrogens is 608 g/mol. The highest BCUT2D eigenvalue weighted by atomic mass is 16.7. The van der Waals surface area contributed by atoms with Gasteiger partial charge in [-0.1, -0.05) is 45.9 Å². The Labute approximate surface area is 286 Å². The summed E-state index contributed by atoms with van der Waals surface area (Å²) in [6.45, 7) is 14.3. The second-order valence-corrected chi connectivity index (χ2v) is 18.2. The van der Waals surface area contributed by atoms with E-state index in [1.54, 1.807) is 27.9 Å². The molecule has 1 saturated heterocycles. The summed E-state index contributed by atoms with van der Waals surface area (Å²) in [4.78, 5) is 26.1. The molecule has 8 nitrogen and oxygen atoms in total. The first-order valence-corrected chi connectivity index (χ1v) is 18.5. The lowest BCUT2D eigenvalue weighted by Gasteiger charge is -2.68. The predicted octanol–water partition coefficient (Wildman–Crippen LogP) is 6.70. The number of methoxy groups -OCH3 is 1. The van der Waals surface area contributed by atoms with Crippen LogP contribution in [0, 0.1) is 50.7 Å². The number of ether oxygens (including phenoxy) is 4. The lowest BCUT2D eigenvalue weighted by Crippen LogP contribution is -2.67. The maximum Gasteiger partial charge on any atom is 0.338 e. The zero-order valence-corrected chi connectivity index (χ0v) is 30.3. The maximum absolute atomic E-state index is 13.3. The molecular formula is C40H58O8. The van der Waals surface area contributed by atoms with Crippen molar-refractivity contribution in [1.29, 1.82) is 0 Å². The average molecular weight is 667 g/mol. The van der Waals surface area contributed by atoms with E-state index in [0.29, 0.717) is 23.8 Å². The number of benzene rings is 1. The molecule has 0 aromatic heterocycles. The van der Waals surface area contributed by atoms with Gasteiger partial charge in [-0.3, -0.25) is 4.79 Å². The van der Waals surface area contributed by atoms with Gasteiger partial charge < -0.3 is 29.2 Å². The summed E-state index contributed by atoms with van der Waals surface area (Å²) in [5.74, 6) is 0.487. The summed E-state index contributed by atoms with van der Waals surface area (Å²) in [5, 5.41) is 22.2. The Morgan fingerprint density at radius 3 is 2.29 bits per heavy atom. The minimum Gasteiger partial charge on any atom is -0.462 e. The van der Waals surface area contributed by atoms with Crippen LogP contribution in [-0.2, 0) is 23.7 Å². The molecule has 266 valence electrons. The number of esters is 2. The van der Waals surface area contributed by atoms with Gasteiger partial charge in [0.25, 0.3) is 0 Å². The molecule has 8 heteroatoms. The highest BCUT2D eigenvalue weighted by Crippen LogP contribution is 2.91. The van der Waals surface area contributed by atoms with Crippen molar-refractivity contribution in [1.82, 2.24) is 0 Å². The third kappa shape index (κ3) is 4.67. The molecule has 0 radical (unpaired) electrons. The van der Waals surface area contributed by atoms with Gasteiger partial charge in [0, 0.05) is 31.3 Å². The minimum atomic E-state index is -1.29. The summed E-state index contributed by atoms with van der Waals surface area (Å²) in [6, 6.07) is 9.25. The molecule has 5 aliphatic carbocycles. The van der Waals surface area contributed by atoms with Gasteiger partial charge in [-0.2, -0.15) is 0 Å². The fourth-order valence-corrected chi connectivity index (χ4v) is 13.5. The molecule has 0 unspecified atom stereocenters. The molecule has 0 bridgehead atoms. The molecule has 6 aliphatic rings. The fourth-order valence-electron chi connectivity index (χ4n) is 13.5. The standard InChI is InChI=1S/C40H58O8/c1-23(41)46-30-21-28-35(2,3)29(47-34(43)24-12-10-9-11-13-24)16-17-37(28,6)27-15-18-39-22-40(39,38(27,30)7)19-14-26(39)25-20-31(45-8)48-32(25)33(42)36(4,5)44/h9-13,25-33,42,44H,14-22H2,1-8H3/t25-,26+,27-,28+,29-,30-,31+,32-,33+,37-,38+,39-,40-/m1/s1. The minimum absolute atomic E-state index is 0.00337. The second-order valence-electron chi connectivity index (χ2n) is 18.2. The normalized spacial score (nSPS) is 46.4. The van der Waals surface area contributed by atoms with Crippen LogP contribution in [-0.4, -0.2) is 65.6 Å². The van der Waals surface area contributed by atoms with E-state index in [1.165, 1.54) is 0 Å². The van der Waals surface area contributed by atoms with E-state index < -0.39 is 24.1 Å². The zero-order valence-electron chi connectivity index (χ0n) is 30.3. The van der Waals surface area contributed by atoms with E-state index >= 15 is 0 Å². The van der Waals surface area contributed by atoms with Crippen molar-refractivity contribution in [3.63, 3.8) is 0 Å². The van der Waals surface area contributed by atoms with Crippen LogP contribution < -0.4 is 0 Å². The third-order valence-corrected chi connectivity index (χ3v) is 15.6. The van der Waals surface area contributed by atoms with Gasteiger partial charge in [-0.15, -0.1) is 0 Å². The zero-order chi connectivity index (χ0) is 34.7. The number of carbonyl (C=O) groups excluding carboxylic acids is 2. The number of aliphatic hydroxyl groups is 2. The number of fused-ring (bicyclic) bond motifs is 3. The Morgan fingerprint density at radius 1 is 0.938 bits per heavy atom. The van der Waals surface area contributed by atoms with Crippen molar-refractivity contribution in [2.75, 3.05) is 7.11 Å². The van der Waals surface area contributed by atoms with Crippen LogP contribution in [0.15, 0.2) is 30.3 Å². The van der Waals surface area contributed by atoms with Crippen LogP contribution >= 0.6 is 0 Å². The van der Waals surface area contributed by atoms with E-state index in [0.717, 1.165) is 51.4 Å². The topological polar surface area (TPSA) is 112 Å². The fraction of sp³-hybridized carbons (Fsp3) is 0.800. The van der Waals surface area contributed by atoms with Gasteiger partial charge in [0.15, 0.2) is 6.29 Å². The number of hydrogen-bond acceptors (Lipinski definition) is 8. The van der Waals surface area contributed by atoms with E-state index in [-0.39, 0.29) is 63.1 Å². The van der Waals surface area contributed by atoms with E-state index in [9.17, 15) is 19.8 Å². The molecule has 5 saturated carbocycles. The molecule has 2 N–H and O–H groups in total. The summed E-state index contributed by atoms with van der Waals surface area (Å²) >= 11 is 0. The Hall–Kier alpha value is -2.00. The largest absolute Gasteiger partial charge is 0.462 e. The van der Waals surface area contributed by atoms with Gasteiger partial charge in [0.1, 0.15) is 18.3 Å². The summed E-state index contributed by atoms with van der Waals surface area (Å²) in [6.07, 6.45) is 6.28. The molecule has 1 aliphatic heterocycles. The van der Waals surface area contributed by atoms with Gasteiger partial charge in [0.2, 0.25) is 0 Å². The van der Waals surface area contributed by atoms with Crippen LogP contribution in [0.25, 0.3) is 0 Å². The Morgan fingerprint density at radius 2 is 1.65 bits per heavy atom. The lowest BCUT2D eigenvalue weighted by atomic mass is 9.37. The Bertz CT molecular complexity index is 1420. The number of rotatable bonds is 7. The van der Waals surface area contributed by atoms with Crippen molar-refractivity contribution in [2.45, 2.75) is 143 Å². The van der Waals surface area contributed by atoms with Crippen LogP contribution in [0.4, 0.5) is 0 Å². The predicted molar refractivity (Wildman–Crippen MR) is 180 cm³/mol. The SMILES string of the molecule is CO[C@@H]1C[C@H]([C@@H]2CC[C@]34C[C@]23CC[C@@H]2[C@@]3(C)CC[C@@H](OC(=O)c5ccccc5)C(C)(C)[C@@H]3C[C@@H](OC(C)=O)[C@]24C)[C@H]([C@H](O)C(C)(C)O)O1. The van der Waals surface area contributed by atoms with Crippen LogP contribution in [0.1, 0.15) is 117 Å². The molecule has 1 aromatic carbocycles. The van der Waals surface area contributed by atoms with Gasteiger partial charge in [-0.05, 0) is 117 Å². The Balaban J connectivity index is 1.21. The van der Waals surface area contributed by atoms with Crippen molar-refractivity contribution < 1.29 is 38.7 Å². The third-order valence-electron chi connectivity index (χ3n) is 15.6. The first-order chi connectivity index (χ1) is 22.5. The number of hydrogen-bond donors (Lipinski definition) is 2. The lowest BCUT2D eigenvalue weighted by molar-refractivity contribution is -0.249. The molecule has 48 heavy (non-hydrogen) atoms. The molecule has 1 heterocycles. The van der Waals surface area contributed by atoms with Crippen LogP contribution in [0.3, 0.4) is 0 Å². The summed E-state index contributed by atoms with van der Waals surface area (Å²) < 4.78 is 24.8. The van der Waals surface area contributed by atoms with Gasteiger partial charge >= 0.3 is 11.9 Å². The maximum atomic E-state index is 13.3. The molecule has 13 atom stereocenters. The molecule has 0 amide bonds. The first kappa shape index (κ1) is 34.4. The second kappa shape index (κ2) is 11.2. The molecule has 7 rings (SSSR count). The number of carbonyl (C=O) groups is 2. The molecule has 6 fully saturated rings. The van der Waals surface area contributed by atoms with Crippen molar-refractivity contribution in [3.8, 4) is 0 Å². The van der Waals surface area contributed by atoms with Gasteiger partial charge in [-0.25, -0.2) is 4.79 Å². The summed E-state index contributed by atoms with van der Waals surface area (Å²) in [5.41, 5.74) is -1.09. The Kier molecular flexibility index (Phi) is 8.07. The smallest absolute Gasteiger partial charge is 0.338 e.